The summed E-state index contributed by atoms with van der Waals surface area (Å²) in [4.78, 5) is 3.86. The Bertz CT molecular complexity index is 332. The highest BCUT2D eigenvalue weighted by Crippen LogP contribution is 2.30. The van der Waals surface area contributed by atoms with Gasteiger partial charge in [-0.2, -0.15) is 0 Å². The molecule has 5 heteroatoms. The number of nitrogens with one attached hydrogen (secondary N) is 1. The molecule has 2 heterocycles. The molecule has 1 atom stereocenters. The molecule has 0 aromatic carbocycles. The van der Waals surface area contributed by atoms with Crippen LogP contribution in [0.4, 0.5) is 8.78 Å². The smallest absolute Gasteiger partial charge is 0.256 e. The summed E-state index contributed by atoms with van der Waals surface area (Å²) >= 11 is 0. The molecule has 1 N–H and O–H groups in total. The van der Waals surface area contributed by atoms with Crippen molar-refractivity contribution in [1.29, 1.82) is 0 Å². The van der Waals surface area contributed by atoms with Gasteiger partial charge < -0.3 is 10.1 Å². The van der Waals surface area contributed by atoms with Crippen LogP contribution < -0.4 is 10.1 Å². The fourth-order valence-electron chi connectivity index (χ4n) is 1.69. The third kappa shape index (κ3) is 2.66. The Kier molecular flexibility index (Phi) is 3.33. The first-order valence-corrected chi connectivity index (χ1v) is 5.30. The Hall–Kier alpha value is -1.23. The molecule has 1 aromatic heterocycles. The summed E-state index contributed by atoms with van der Waals surface area (Å²) in [6.07, 6.45) is 3.02. The molecule has 3 nitrogen and oxygen atoms in total. The number of hydrogen-bond acceptors (Lipinski definition) is 3. The number of rotatable bonds is 3. The van der Waals surface area contributed by atoms with E-state index in [0.717, 1.165) is 0 Å². The highest BCUT2D eigenvalue weighted by atomic mass is 19.3. The van der Waals surface area contributed by atoms with Crippen molar-refractivity contribution < 1.29 is 13.5 Å². The Morgan fingerprint density at radius 1 is 1.56 bits per heavy atom. The topological polar surface area (TPSA) is 34.1 Å². The molecule has 88 valence electrons. The lowest BCUT2D eigenvalue weighted by Crippen LogP contribution is -2.47. The van der Waals surface area contributed by atoms with Gasteiger partial charge in [-0.25, -0.2) is 8.78 Å². The number of pyridine rings is 1. The maximum absolute atomic E-state index is 13.4. The van der Waals surface area contributed by atoms with Gasteiger partial charge in [-0.3, -0.25) is 4.98 Å². The SMILES string of the molecule is FC1(F)CCNCC1COc1cccnc1. The van der Waals surface area contributed by atoms with E-state index in [1.807, 2.05) is 0 Å². The summed E-state index contributed by atoms with van der Waals surface area (Å²) in [5.41, 5.74) is 0. The molecule has 1 aliphatic rings. The fraction of sp³-hybridized carbons (Fsp3) is 0.545. The van der Waals surface area contributed by atoms with Gasteiger partial charge >= 0.3 is 0 Å². The summed E-state index contributed by atoms with van der Waals surface area (Å²) in [6.45, 7) is 0.690. The summed E-state index contributed by atoms with van der Waals surface area (Å²) in [7, 11) is 0. The van der Waals surface area contributed by atoms with Gasteiger partial charge in [0.25, 0.3) is 5.92 Å². The van der Waals surface area contributed by atoms with Gasteiger partial charge in [0.05, 0.1) is 18.7 Å². The van der Waals surface area contributed by atoms with Crippen LogP contribution in [0.3, 0.4) is 0 Å². The van der Waals surface area contributed by atoms with Crippen molar-refractivity contribution in [3.05, 3.63) is 24.5 Å². The summed E-state index contributed by atoms with van der Waals surface area (Å²) in [5.74, 6) is -2.86. The van der Waals surface area contributed by atoms with Gasteiger partial charge in [-0.1, -0.05) is 0 Å². The van der Waals surface area contributed by atoms with Crippen molar-refractivity contribution in [2.45, 2.75) is 12.3 Å². The van der Waals surface area contributed by atoms with Gasteiger partial charge in [0, 0.05) is 25.7 Å². The molecule has 0 saturated carbocycles. The van der Waals surface area contributed by atoms with E-state index in [-0.39, 0.29) is 13.0 Å². The van der Waals surface area contributed by atoms with Gasteiger partial charge in [0.1, 0.15) is 5.75 Å². The second kappa shape index (κ2) is 4.74. The van der Waals surface area contributed by atoms with Crippen molar-refractivity contribution in [3.8, 4) is 5.75 Å². The first-order chi connectivity index (χ1) is 7.68. The number of nitrogens with zero attached hydrogens (tertiary/aromatic N) is 1. The average Bonchev–Trinajstić information content (AvgIpc) is 2.28. The molecule has 1 aromatic rings. The van der Waals surface area contributed by atoms with Crippen molar-refractivity contribution in [1.82, 2.24) is 10.3 Å². The first-order valence-electron chi connectivity index (χ1n) is 5.30. The molecule has 0 aliphatic carbocycles. The molecule has 1 saturated heterocycles. The second-order valence-corrected chi connectivity index (χ2v) is 3.91. The maximum atomic E-state index is 13.4. The lowest BCUT2D eigenvalue weighted by Gasteiger charge is -2.31. The zero-order valence-corrected chi connectivity index (χ0v) is 8.83. The number of ether oxygens (including phenoxy) is 1. The monoisotopic (exact) mass is 228 g/mol. The number of aromatic nitrogens is 1. The zero-order valence-electron chi connectivity index (χ0n) is 8.83. The van der Waals surface area contributed by atoms with Gasteiger partial charge in [0.15, 0.2) is 0 Å². The minimum Gasteiger partial charge on any atom is -0.491 e. The summed E-state index contributed by atoms with van der Waals surface area (Å²) in [5, 5.41) is 2.95. The highest BCUT2D eigenvalue weighted by molar-refractivity contribution is 5.15. The van der Waals surface area contributed by atoms with Crippen LogP contribution in [0.5, 0.6) is 5.75 Å². The van der Waals surface area contributed by atoms with Crippen molar-refractivity contribution in [3.63, 3.8) is 0 Å². The maximum Gasteiger partial charge on any atom is 0.256 e. The quantitative estimate of drug-likeness (QED) is 0.855. The largest absolute Gasteiger partial charge is 0.491 e. The van der Waals surface area contributed by atoms with E-state index < -0.39 is 11.8 Å². The third-order valence-corrected chi connectivity index (χ3v) is 2.71. The van der Waals surface area contributed by atoms with Crippen LogP contribution in [0.2, 0.25) is 0 Å². The normalized spacial score (nSPS) is 24.0. The van der Waals surface area contributed by atoms with Crippen molar-refractivity contribution in [2.75, 3.05) is 19.7 Å². The number of hydrogen-bond donors (Lipinski definition) is 1. The van der Waals surface area contributed by atoms with E-state index in [1.165, 1.54) is 6.20 Å². The molecule has 1 unspecified atom stereocenters. The predicted molar refractivity (Wildman–Crippen MR) is 55.7 cm³/mol. The second-order valence-electron chi connectivity index (χ2n) is 3.91. The van der Waals surface area contributed by atoms with E-state index in [4.69, 9.17) is 4.74 Å². The molecule has 0 bridgehead atoms. The van der Waals surface area contributed by atoms with Crippen molar-refractivity contribution in [2.24, 2.45) is 5.92 Å². The Balaban J connectivity index is 1.90. The van der Waals surface area contributed by atoms with Crippen LogP contribution >= 0.6 is 0 Å². The van der Waals surface area contributed by atoms with Gasteiger partial charge in [-0.05, 0) is 12.1 Å². The molecule has 0 amide bonds. The van der Waals surface area contributed by atoms with E-state index in [1.54, 1.807) is 18.3 Å². The Morgan fingerprint density at radius 3 is 3.12 bits per heavy atom. The summed E-state index contributed by atoms with van der Waals surface area (Å²) in [6, 6.07) is 3.42. The molecule has 16 heavy (non-hydrogen) atoms. The molecule has 1 fully saturated rings. The van der Waals surface area contributed by atoms with Gasteiger partial charge in [-0.15, -0.1) is 0 Å². The van der Waals surface area contributed by atoms with E-state index in [2.05, 4.69) is 10.3 Å². The van der Waals surface area contributed by atoms with Crippen LogP contribution in [0, 0.1) is 5.92 Å². The van der Waals surface area contributed by atoms with Crippen molar-refractivity contribution >= 4 is 0 Å². The number of alkyl halides is 2. The minimum atomic E-state index is -2.63. The number of piperidine rings is 1. The zero-order chi connectivity index (χ0) is 11.4. The Labute approximate surface area is 92.8 Å². The van der Waals surface area contributed by atoms with Crippen LogP contribution in [-0.4, -0.2) is 30.6 Å². The Morgan fingerprint density at radius 2 is 2.44 bits per heavy atom. The number of halogens is 2. The molecular formula is C11H14F2N2O. The fourth-order valence-corrected chi connectivity index (χ4v) is 1.69. The average molecular weight is 228 g/mol. The minimum absolute atomic E-state index is 0.0195. The summed E-state index contributed by atoms with van der Waals surface area (Å²) < 4.78 is 32.2. The van der Waals surface area contributed by atoms with Crippen LogP contribution in [0.15, 0.2) is 24.5 Å². The molecule has 2 rings (SSSR count). The lowest BCUT2D eigenvalue weighted by molar-refractivity contribution is -0.0905. The molecule has 0 radical (unpaired) electrons. The van der Waals surface area contributed by atoms with E-state index in [9.17, 15) is 8.78 Å². The standard InChI is InChI=1S/C11H14F2N2O/c12-11(13)3-5-15-6-9(11)8-16-10-2-1-4-14-7-10/h1-2,4,7,9,15H,3,5-6,8H2. The van der Waals surface area contributed by atoms with E-state index >= 15 is 0 Å². The van der Waals surface area contributed by atoms with Gasteiger partial charge in [0.2, 0.25) is 0 Å². The van der Waals surface area contributed by atoms with Crippen LogP contribution in [0.25, 0.3) is 0 Å². The molecular weight excluding hydrogens is 214 g/mol. The molecule has 1 aliphatic heterocycles. The first kappa shape index (κ1) is 11.3. The van der Waals surface area contributed by atoms with Crippen LogP contribution in [0.1, 0.15) is 6.42 Å². The lowest BCUT2D eigenvalue weighted by atomic mass is 9.96. The third-order valence-electron chi connectivity index (χ3n) is 2.71. The highest BCUT2D eigenvalue weighted by Gasteiger charge is 2.41. The van der Waals surface area contributed by atoms with E-state index in [0.29, 0.717) is 18.8 Å². The predicted octanol–water partition coefficient (Wildman–Crippen LogP) is 1.71. The van der Waals surface area contributed by atoms with Crippen LogP contribution in [-0.2, 0) is 0 Å². The molecule has 0 spiro atoms.